The maximum atomic E-state index is 11.9. The number of rotatable bonds is 13. The van der Waals surface area contributed by atoms with Gasteiger partial charge in [-0.15, -0.1) is 6.58 Å². The number of amides is 1. The summed E-state index contributed by atoms with van der Waals surface area (Å²) >= 11 is 0. The Balaban J connectivity index is 4.00. The number of carbonyl (C=O) groups is 2. The molecule has 0 aliphatic heterocycles. The van der Waals surface area contributed by atoms with E-state index in [9.17, 15) is 9.59 Å². The maximum absolute atomic E-state index is 11.9. The molecule has 0 aliphatic rings. The van der Waals surface area contributed by atoms with Gasteiger partial charge < -0.3 is 19.5 Å². The summed E-state index contributed by atoms with van der Waals surface area (Å²) in [4.78, 5) is 23.4. The molecule has 22 heavy (non-hydrogen) atoms. The number of hydrogen-bond donors (Lipinski definition) is 1. The van der Waals surface area contributed by atoms with Gasteiger partial charge in [0.2, 0.25) is 0 Å². The number of unbranched alkanes of at least 4 members (excludes halogenated alkanes) is 4. The molecule has 1 unspecified atom stereocenters. The number of ether oxygens (including phenoxy) is 3. The third kappa shape index (κ3) is 11.1. The molecule has 0 aliphatic carbocycles. The second-order valence-corrected chi connectivity index (χ2v) is 4.93. The molecule has 1 N–H and O–H groups in total. The summed E-state index contributed by atoms with van der Waals surface area (Å²) in [6.45, 7) is 6.54. The van der Waals surface area contributed by atoms with E-state index < -0.39 is 18.1 Å². The Morgan fingerprint density at radius 2 is 1.82 bits per heavy atom. The number of hydrogen-bond acceptors (Lipinski definition) is 5. The fourth-order valence-corrected chi connectivity index (χ4v) is 1.76. The number of carbonyl (C=O) groups excluding carboxylic acids is 2. The SMILES string of the molecule is C=CCC(NC(=O)OCCOC)C(=O)OCCCCCCC. The van der Waals surface area contributed by atoms with Gasteiger partial charge in [-0.3, -0.25) is 0 Å². The van der Waals surface area contributed by atoms with E-state index in [2.05, 4.69) is 18.8 Å². The largest absolute Gasteiger partial charge is 0.464 e. The first kappa shape index (κ1) is 20.4. The number of esters is 1. The summed E-state index contributed by atoms with van der Waals surface area (Å²) in [5, 5.41) is 2.48. The molecule has 128 valence electrons. The highest BCUT2D eigenvalue weighted by Crippen LogP contribution is 2.04. The highest BCUT2D eigenvalue weighted by atomic mass is 16.6. The molecule has 0 aromatic heterocycles. The second kappa shape index (κ2) is 14.4. The van der Waals surface area contributed by atoms with Crippen molar-refractivity contribution in [3.05, 3.63) is 12.7 Å². The average molecular weight is 315 g/mol. The van der Waals surface area contributed by atoms with Crippen LogP contribution >= 0.6 is 0 Å². The Morgan fingerprint density at radius 1 is 1.09 bits per heavy atom. The topological polar surface area (TPSA) is 73.9 Å². The van der Waals surface area contributed by atoms with Crippen molar-refractivity contribution in [2.75, 3.05) is 26.9 Å². The van der Waals surface area contributed by atoms with Crippen LogP contribution in [0.5, 0.6) is 0 Å². The molecule has 0 fully saturated rings. The van der Waals surface area contributed by atoms with Crippen LogP contribution in [-0.2, 0) is 19.0 Å². The molecule has 1 amide bonds. The van der Waals surface area contributed by atoms with Crippen LogP contribution in [0.2, 0.25) is 0 Å². The van der Waals surface area contributed by atoms with Crippen molar-refractivity contribution < 1.29 is 23.8 Å². The van der Waals surface area contributed by atoms with E-state index in [1.54, 1.807) is 6.08 Å². The molecule has 6 nitrogen and oxygen atoms in total. The highest BCUT2D eigenvalue weighted by Gasteiger charge is 2.21. The van der Waals surface area contributed by atoms with Crippen LogP contribution in [0.15, 0.2) is 12.7 Å². The van der Waals surface area contributed by atoms with Crippen molar-refractivity contribution in [1.82, 2.24) is 5.32 Å². The Morgan fingerprint density at radius 3 is 2.45 bits per heavy atom. The Hall–Kier alpha value is -1.56. The molecule has 0 saturated carbocycles. The molecule has 0 spiro atoms. The van der Waals surface area contributed by atoms with Crippen molar-refractivity contribution >= 4 is 12.1 Å². The first-order valence-electron chi connectivity index (χ1n) is 7.85. The molecular weight excluding hydrogens is 286 g/mol. The van der Waals surface area contributed by atoms with Gasteiger partial charge in [0.1, 0.15) is 12.6 Å². The minimum Gasteiger partial charge on any atom is -0.464 e. The summed E-state index contributed by atoms with van der Waals surface area (Å²) in [5.74, 6) is -0.459. The quantitative estimate of drug-likeness (QED) is 0.321. The van der Waals surface area contributed by atoms with Crippen molar-refractivity contribution in [3.8, 4) is 0 Å². The fourth-order valence-electron chi connectivity index (χ4n) is 1.76. The highest BCUT2D eigenvalue weighted by molar-refractivity contribution is 5.81. The summed E-state index contributed by atoms with van der Waals surface area (Å²) in [6, 6.07) is -0.761. The van der Waals surface area contributed by atoms with E-state index in [1.807, 2.05) is 0 Å². The standard InChI is InChI=1S/C16H29NO5/c1-4-6-7-8-9-11-21-15(18)14(10-5-2)17-16(19)22-13-12-20-3/h5,14H,2,4,6-13H2,1,3H3,(H,17,19). The number of nitrogens with one attached hydrogen (secondary N) is 1. The number of methoxy groups -OCH3 is 1. The fraction of sp³-hybridized carbons (Fsp3) is 0.750. The van der Waals surface area contributed by atoms with Crippen LogP contribution < -0.4 is 5.32 Å². The lowest BCUT2D eigenvalue weighted by Gasteiger charge is -2.16. The zero-order chi connectivity index (χ0) is 16.6. The molecule has 0 heterocycles. The van der Waals surface area contributed by atoms with Crippen LogP contribution in [0.4, 0.5) is 4.79 Å². The van der Waals surface area contributed by atoms with Crippen molar-refractivity contribution in [1.29, 1.82) is 0 Å². The lowest BCUT2D eigenvalue weighted by molar-refractivity contribution is -0.146. The molecule has 1 atom stereocenters. The van der Waals surface area contributed by atoms with Crippen molar-refractivity contribution in [2.24, 2.45) is 0 Å². The summed E-state index contributed by atoms with van der Waals surface area (Å²) < 4.78 is 14.8. The molecule has 0 rings (SSSR count). The molecule has 0 saturated heterocycles. The van der Waals surface area contributed by atoms with Gasteiger partial charge in [-0.25, -0.2) is 9.59 Å². The Bertz CT molecular complexity index is 320. The lowest BCUT2D eigenvalue weighted by atomic mass is 10.2. The molecule has 6 heteroatoms. The number of alkyl carbamates (subject to hydrolysis) is 1. The monoisotopic (exact) mass is 315 g/mol. The minimum absolute atomic E-state index is 0.135. The first-order chi connectivity index (χ1) is 10.7. The van der Waals surface area contributed by atoms with Gasteiger partial charge in [-0.05, 0) is 12.8 Å². The molecule has 0 aromatic carbocycles. The zero-order valence-electron chi connectivity index (χ0n) is 13.8. The van der Waals surface area contributed by atoms with Crippen LogP contribution in [-0.4, -0.2) is 45.0 Å². The summed E-state index contributed by atoms with van der Waals surface area (Å²) in [6.07, 6.45) is 6.59. The zero-order valence-corrected chi connectivity index (χ0v) is 13.8. The van der Waals surface area contributed by atoms with Crippen LogP contribution in [0.1, 0.15) is 45.4 Å². The van der Waals surface area contributed by atoms with Gasteiger partial charge in [0.25, 0.3) is 0 Å². The predicted molar refractivity (Wildman–Crippen MR) is 84.7 cm³/mol. The third-order valence-corrected chi connectivity index (χ3v) is 2.99. The van der Waals surface area contributed by atoms with Crippen LogP contribution in [0.25, 0.3) is 0 Å². The smallest absolute Gasteiger partial charge is 0.407 e. The van der Waals surface area contributed by atoms with Crippen LogP contribution in [0, 0.1) is 0 Å². The van der Waals surface area contributed by atoms with Crippen molar-refractivity contribution in [3.63, 3.8) is 0 Å². The Labute approximate surface area is 133 Å². The maximum Gasteiger partial charge on any atom is 0.407 e. The average Bonchev–Trinajstić information content (AvgIpc) is 2.50. The van der Waals surface area contributed by atoms with E-state index in [1.165, 1.54) is 20.0 Å². The van der Waals surface area contributed by atoms with Crippen LogP contribution in [0.3, 0.4) is 0 Å². The Kier molecular flexibility index (Phi) is 13.4. The van der Waals surface area contributed by atoms with E-state index >= 15 is 0 Å². The van der Waals surface area contributed by atoms with Gasteiger partial charge in [0.15, 0.2) is 0 Å². The minimum atomic E-state index is -0.761. The molecule has 0 aromatic rings. The molecule has 0 bridgehead atoms. The van der Waals surface area contributed by atoms with E-state index in [4.69, 9.17) is 14.2 Å². The van der Waals surface area contributed by atoms with Gasteiger partial charge in [-0.1, -0.05) is 38.7 Å². The second-order valence-electron chi connectivity index (χ2n) is 4.93. The molecule has 0 radical (unpaired) electrons. The predicted octanol–water partition coefficient (Wildman–Crippen LogP) is 2.82. The van der Waals surface area contributed by atoms with E-state index in [0.29, 0.717) is 19.6 Å². The van der Waals surface area contributed by atoms with E-state index in [-0.39, 0.29) is 6.61 Å². The summed E-state index contributed by atoms with van der Waals surface area (Å²) in [7, 11) is 1.51. The lowest BCUT2D eigenvalue weighted by Crippen LogP contribution is -2.42. The van der Waals surface area contributed by atoms with E-state index in [0.717, 1.165) is 19.3 Å². The third-order valence-electron chi connectivity index (χ3n) is 2.99. The molecular formula is C16H29NO5. The normalized spacial score (nSPS) is 11.5. The van der Waals surface area contributed by atoms with Gasteiger partial charge >= 0.3 is 12.1 Å². The van der Waals surface area contributed by atoms with Crippen molar-refractivity contribution in [2.45, 2.75) is 51.5 Å². The van der Waals surface area contributed by atoms with Gasteiger partial charge in [-0.2, -0.15) is 0 Å². The van der Waals surface area contributed by atoms with Gasteiger partial charge in [0, 0.05) is 7.11 Å². The summed E-state index contributed by atoms with van der Waals surface area (Å²) in [5.41, 5.74) is 0. The first-order valence-corrected chi connectivity index (χ1v) is 7.85. The van der Waals surface area contributed by atoms with Gasteiger partial charge in [0.05, 0.1) is 13.2 Å².